The lowest BCUT2D eigenvalue weighted by molar-refractivity contribution is 0.0910. The number of rotatable bonds is 4. The van der Waals surface area contributed by atoms with Crippen LogP contribution in [0.1, 0.15) is 73.1 Å². The summed E-state index contributed by atoms with van der Waals surface area (Å²) in [4.78, 5) is 0. The molecule has 3 unspecified atom stereocenters. The lowest BCUT2D eigenvalue weighted by Gasteiger charge is -2.42. The molecule has 1 aliphatic rings. The van der Waals surface area contributed by atoms with Crippen LogP contribution >= 0.6 is 0 Å². The minimum absolute atomic E-state index is 0.635. The van der Waals surface area contributed by atoms with Crippen molar-refractivity contribution in [2.24, 2.45) is 23.2 Å². The predicted molar refractivity (Wildman–Crippen MR) is 69.0 cm³/mol. The Morgan fingerprint density at radius 3 is 2.47 bits per heavy atom. The molecule has 1 saturated carbocycles. The molecule has 0 aromatic heterocycles. The number of hydrogen-bond acceptors (Lipinski definition) is 0. The van der Waals surface area contributed by atoms with Gasteiger partial charge in [-0.1, -0.05) is 53.9 Å². The van der Waals surface area contributed by atoms with Gasteiger partial charge in [0.2, 0.25) is 0 Å². The van der Waals surface area contributed by atoms with Gasteiger partial charge in [0.15, 0.2) is 0 Å². The second kappa shape index (κ2) is 5.37. The van der Waals surface area contributed by atoms with Gasteiger partial charge in [0.1, 0.15) is 0 Å². The second-order valence-electron chi connectivity index (χ2n) is 6.52. The molecule has 15 heavy (non-hydrogen) atoms. The van der Waals surface area contributed by atoms with Gasteiger partial charge in [-0.2, -0.15) is 0 Å². The Balaban J connectivity index is 2.48. The fraction of sp³-hybridized carbons (Fsp3) is 1.00. The summed E-state index contributed by atoms with van der Waals surface area (Å²) in [5.74, 6) is 2.81. The zero-order valence-electron chi connectivity index (χ0n) is 11.5. The molecule has 0 amide bonds. The molecule has 0 heteroatoms. The summed E-state index contributed by atoms with van der Waals surface area (Å²) >= 11 is 0. The van der Waals surface area contributed by atoms with E-state index >= 15 is 0 Å². The van der Waals surface area contributed by atoms with Crippen LogP contribution in [0.2, 0.25) is 0 Å². The lowest BCUT2D eigenvalue weighted by Crippen LogP contribution is -2.31. The van der Waals surface area contributed by atoms with E-state index in [0.717, 1.165) is 17.8 Å². The van der Waals surface area contributed by atoms with Crippen molar-refractivity contribution in [1.29, 1.82) is 0 Å². The molecule has 90 valence electrons. The Morgan fingerprint density at radius 2 is 1.93 bits per heavy atom. The maximum absolute atomic E-state index is 2.51. The van der Waals surface area contributed by atoms with Crippen LogP contribution in [-0.4, -0.2) is 0 Å². The molecule has 0 bridgehead atoms. The Kier molecular flexibility index (Phi) is 4.67. The van der Waals surface area contributed by atoms with Gasteiger partial charge in [0, 0.05) is 0 Å². The van der Waals surface area contributed by atoms with Gasteiger partial charge in [-0.05, 0) is 42.4 Å². The molecular formula is C15H30. The zero-order chi connectivity index (χ0) is 11.5. The van der Waals surface area contributed by atoms with Crippen LogP contribution in [0.25, 0.3) is 0 Å². The van der Waals surface area contributed by atoms with Crippen LogP contribution in [0.15, 0.2) is 0 Å². The van der Waals surface area contributed by atoms with Crippen molar-refractivity contribution in [2.75, 3.05) is 0 Å². The highest BCUT2D eigenvalue weighted by atomic mass is 14.4. The zero-order valence-corrected chi connectivity index (χ0v) is 11.5. The Labute approximate surface area is 96.8 Å². The van der Waals surface area contributed by atoms with Crippen molar-refractivity contribution >= 4 is 0 Å². The maximum atomic E-state index is 2.51. The molecule has 0 radical (unpaired) electrons. The third-order valence-corrected chi connectivity index (χ3v) is 4.94. The minimum atomic E-state index is 0.635. The first kappa shape index (κ1) is 13.1. The van der Waals surface area contributed by atoms with E-state index in [4.69, 9.17) is 0 Å². The van der Waals surface area contributed by atoms with E-state index in [2.05, 4.69) is 34.6 Å². The highest BCUT2D eigenvalue weighted by Crippen LogP contribution is 2.46. The molecule has 3 atom stereocenters. The first-order valence-corrected chi connectivity index (χ1v) is 6.98. The SMILES string of the molecule is CCC(C)CC1CCCC(C)(C(C)C)C1. The van der Waals surface area contributed by atoms with E-state index in [0.29, 0.717) is 5.41 Å². The average Bonchev–Trinajstić information content (AvgIpc) is 2.17. The third-order valence-electron chi connectivity index (χ3n) is 4.94. The molecule has 0 aromatic carbocycles. The van der Waals surface area contributed by atoms with Crippen LogP contribution in [0, 0.1) is 23.2 Å². The van der Waals surface area contributed by atoms with E-state index in [-0.39, 0.29) is 0 Å². The minimum Gasteiger partial charge on any atom is -0.0651 e. The molecule has 0 spiro atoms. The van der Waals surface area contributed by atoms with E-state index in [1.54, 1.807) is 0 Å². The first-order valence-electron chi connectivity index (χ1n) is 6.98. The largest absolute Gasteiger partial charge is 0.0651 e. The van der Waals surface area contributed by atoms with E-state index in [9.17, 15) is 0 Å². The molecule has 1 rings (SSSR count). The van der Waals surface area contributed by atoms with E-state index in [1.807, 2.05) is 0 Å². The van der Waals surface area contributed by atoms with Crippen molar-refractivity contribution in [3.63, 3.8) is 0 Å². The Morgan fingerprint density at radius 1 is 1.27 bits per heavy atom. The fourth-order valence-corrected chi connectivity index (χ4v) is 3.12. The van der Waals surface area contributed by atoms with Crippen LogP contribution in [0.4, 0.5) is 0 Å². The second-order valence-corrected chi connectivity index (χ2v) is 6.52. The molecule has 1 aliphatic carbocycles. The highest BCUT2D eigenvalue weighted by molar-refractivity contribution is 4.85. The topological polar surface area (TPSA) is 0 Å². The Bertz CT molecular complexity index is 182. The third kappa shape index (κ3) is 3.50. The van der Waals surface area contributed by atoms with Crippen molar-refractivity contribution in [2.45, 2.75) is 73.1 Å². The summed E-state index contributed by atoms with van der Waals surface area (Å²) in [6.07, 6.45) is 8.73. The van der Waals surface area contributed by atoms with Gasteiger partial charge >= 0.3 is 0 Å². The smallest absolute Gasteiger partial charge is 0.0300 e. The van der Waals surface area contributed by atoms with Crippen LogP contribution in [0.5, 0.6) is 0 Å². The van der Waals surface area contributed by atoms with Gasteiger partial charge in [-0.25, -0.2) is 0 Å². The summed E-state index contributed by atoms with van der Waals surface area (Å²) in [6, 6.07) is 0. The maximum Gasteiger partial charge on any atom is -0.0300 e. The van der Waals surface area contributed by atoms with Gasteiger partial charge in [-0.15, -0.1) is 0 Å². The molecule has 0 aromatic rings. The average molecular weight is 210 g/mol. The summed E-state index contributed by atoms with van der Waals surface area (Å²) in [5.41, 5.74) is 0.635. The quantitative estimate of drug-likeness (QED) is 0.592. The summed E-state index contributed by atoms with van der Waals surface area (Å²) in [6.45, 7) is 12.1. The van der Waals surface area contributed by atoms with Crippen molar-refractivity contribution in [1.82, 2.24) is 0 Å². The van der Waals surface area contributed by atoms with E-state index in [1.165, 1.54) is 38.5 Å². The lowest BCUT2D eigenvalue weighted by atomic mass is 9.64. The van der Waals surface area contributed by atoms with E-state index < -0.39 is 0 Å². The molecule has 1 fully saturated rings. The van der Waals surface area contributed by atoms with Crippen LogP contribution < -0.4 is 0 Å². The summed E-state index contributed by atoms with van der Waals surface area (Å²) in [7, 11) is 0. The molecular weight excluding hydrogens is 180 g/mol. The molecule has 0 N–H and O–H groups in total. The summed E-state index contributed by atoms with van der Waals surface area (Å²) < 4.78 is 0. The standard InChI is InChI=1S/C15H30/c1-6-13(4)10-14-8-7-9-15(5,11-14)12(2)3/h12-14H,6-11H2,1-5H3. The summed E-state index contributed by atoms with van der Waals surface area (Å²) in [5, 5.41) is 0. The molecule has 0 saturated heterocycles. The van der Waals surface area contributed by atoms with Gasteiger partial charge in [0.05, 0.1) is 0 Å². The Hall–Kier alpha value is 0. The van der Waals surface area contributed by atoms with Crippen molar-refractivity contribution in [3.8, 4) is 0 Å². The fourth-order valence-electron chi connectivity index (χ4n) is 3.12. The predicted octanol–water partition coefficient (Wildman–Crippen LogP) is 5.28. The number of hydrogen-bond donors (Lipinski definition) is 0. The van der Waals surface area contributed by atoms with Gasteiger partial charge in [-0.3, -0.25) is 0 Å². The molecule has 0 heterocycles. The molecule has 0 aliphatic heterocycles. The van der Waals surface area contributed by atoms with Gasteiger partial charge < -0.3 is 0 Å². The van der Waals surface area contributed by atoms with Gasteiger partial charge in [0.25, 0.3) is 0 Å². The first-order chi connectivity index (χ1) is 6.98. The van der Waals surface area contributed by atoms with Crippen LogP contribution in [0.3, 0.4) is 0 Å². The van der Waals surface area contributed by atoms with Crippen LogP contribution in [-0.2, 0) is 0 Å². The van der Waals surface area contributed by atoms with Crippen molar-refractivity contribution in [3.05, 3.63) is 0 Å². The normalized spacial score (nSPS) is 34.4. The molecule has 0 nitrogen and oxygen atoms in total. The highest BCUT2D eigenvalue weighted by Gasteiger charge is 2.34. The van der Waals surface area contributed by atoms with Crippen molar-refractivity contribution < 1.29 is 0 Å². The monoisotopic (exact) mass is 210 g/mol.